The van der Waals surface area contributed by atoms with Gasteiger partial charge in [-0.25, -0.2) is 0 Å². The van der Waals surface area contributed by atoms with Crippen molar-refractivity contribution in [2.45, 2.75) is 12.5 Å². The summed E-state index contributed by atoms with van der Waals surface area (Å²) in [5, 5.41) is 9.24. The molecule has 0 radical (unpaired) electrons. The number of carboxylic acids is 1. The van der Waals surface area contributed by atoms with Crippen LogP contribution in [-0.4, -0.2) is 17.7 Å². The van der Waals surface area contributed by atoms with Gasteiger partial charge in [0.25, 0.3) is 0 Å². The molecule has 2 aromatic carbocycles. The second-order valence-corrected chi connectivity index (χ2v) is 4.30. The standard InChI is InChI=1S/C16H16O3/c17-16(18)15(14-9-5-2-6-10-14)12-19-11-13-7-3-1-4-8-13/h1-10,15H,11-12H2,(H,17,18). The van der Waals surface area contributed by atoms with E-state index in [1.807, 2.05) is 60.7 Å². The Hall–Kier alpha value is -2.13. The van der Waals surface area contributed by atoms with Gasteiger partial charge in [0.2, 0.25) is 0 Å². The lowest BCUT2D eigenvalue weighted by atomic mass is 10.0. The number of hydrogen-bond donors (Lipinski definition) is 1. The van der Waals surface area contributed by atoms with Crippen LogP contribution >= 0.6 is 0 Å². The molecule has 2 rings (SSSR count). The highest BCUT2D eigenvalue weighted by molar-refractivity contribution is 5.76. The van der Waals surface area contributed by atoms with Crippen LogP contribution in [0.5, 0.6) is 0 Å². The van der Waals surface area contributed by atoms with Gasteiger partial charge in [0, 0.05) is 0 Å². The van der Waals surface area contributed by atoms with Crippen LogP contribution in [0.3, 0.4) is 0 Å². The van der Waals surface area contributed by atoms with E-state index in [9.17, 15) is 9.90 Å². The predicted octanol–water partition coefficient (Wildman–Crippen LogP) is 3.07. The van der Waals surface area contributed by atoms with Crippen molar-refractivity contribution in [1.29, 1.82) is 0 Å². The third kappa shape index (κ3) is 3.93. The molecule has 98 valence electrons. The van der Waals surface area contributed by atoms with Crippen molar-refractivity contribution in [3.8, 4) is 0 Å². The van der Waals surface area contributed by atoms with Crippen LogP contribution in [0, 0.1) is 0 Å². The van der Waals surface area contributed by atoms with E-state index in [0.717, 1.165) is 11.1 Å². The van der Waals surface area contributed by atoms with Crippen molar-refractivity contribution in [3.05, 3.63) is 71.8 Å². The predicted molar refractivity (Wildman–Crippen MR) is 72.9 cm³/mol. The highest BCUT2D eigenvalue weighted by Crippen LogP contribution is 2.16. The van der Waals surface area contributed by atoms with Gasteiger partial charge >= 0.3 is 5.97 Å². The summed E-state index contributed by atoms with van der Waals surface area (Å²) in [5.74, 6) is -1.48. The molecular weight excluding hydrogens is 240 g/mol. The number of rotatable bonds is 6. The van der Waals surface area contributed by atoms with E-state index < -0.39 is 11.9 Å². The average molecular weight is 256 g/mol. The summed E-state index contributed by atoms with van der Waals surface area (Å²) in [7, 11) is 0. The topological polar surface area (TPSA) is 46.5 Å². The summed E-state index contributed by atoms with van der Waals surface area (Å²) < 4.78 is 5.52. The van der Waals surface area contributed by atoms with E-state index in [4.69, 9.17) is 4.74 Å². The van der Waals surface area contributed by atoms with Crippen LogP contribution in [0.15, 0.2) is 60.7 Å². The zero-order chi connectivity index (χ0) is 13.5. The van der Waals surface area contributed by atoms with Gasteiger partial charge in [-0.05, 0) is 11.1 Å². The summed E-state index contributed by atoms with van der Waals surface area (Å²) in [6, 6.07) is 18.9. The molecule has 0 fully saturated rings. The average Bonchev–Trinajstić information content (AvgIpc) is 2.45. The molecule has 0 aliphatic rings. The van der Waals surface area contributed by atoms with Gasteiger partial charge in [-0.3, -0.25) is 4.79 Å². The molecule has 19 heavy (non-hydrogen) atoms. The Labute approximate surface area is 112 Å². The smallest absolute Gasteiger partial charge is 0.313 e. The quantitative estimate of drug-likeness (QED) is 0.864. The molecule has 0 bridgehead atoms. The largest absolute Gasteiger partial charge is 0.481 e. The number of benzene rings is 2. The van der Waals surface area contributed by atoms with Crippen molar-refractivity contribution in [3.63, 3.8) is 0 Å². The summed E-state index contributed by atoms with van der Waals surface area (Å²) in [5.41, 5.74) is 1.81. The minimum absolute atomic E-state index is 0.175. The highest BCUT2D eigenvalue weighted by Gasteiger charge is 2.19. The zero-order valence-electron chi connectivity index (χ0n) is 10.5. The van der Waals surface area contributed by atoms with E-state index in [0.29, 0.717) is 6.61 Å². The van der Waals surface area contributed by atoms with Crippen molar-refractivity contribution >= 4 is 5.97 Å². The summed E-state index contributed by atoms with van der Waals surface area (Å²) >= 11 is 0. The van der Waals surface area contributed by atoms with Crippen molar-refractivity contribution in [1.82, 2.24) is 0 Å². The van der Waals surface area contributed by atoms with E-state index in [1.54, 1.807) is 0 Å². The molecule has 1 unspecified atom stereocenters. The van der Waals surface area contributed by atoms with Crippen molar-refractivity contribution < 1.29 is 14.6 Å². The SMILES string of the molecule is O=C(O)C(COCc1ccccc1)c1ccccc1. The van der Waals surface area contributed by atoms with Gasteiger partial charge in [0.15, 0.2) is 0 Å². The van der Waals surface area contributed by atoms with Gasteiger partial charge in [-0.1, -0.05) is 60.7 Å². The fraction of sp³-hybridized carbons (Fsp3) is 0.188. The Morgan fingerprint density at radius 1 is 1.00 bits per heavy atom. The first-order chi connectivity index (χ1) is 9.27. The van der Waals surface area contributed by atoms with E-state index >= 15 is 0 Å². The first-order valence-corrected chi connectivity index (χ1v) is 6.17. The number of carbonyl (C=O) groups is 1. The summed E-state index contributed by atoms with van der Waals surface area (Å²) in [4.78, 5) is 11.3. The number of aliphatic carboxylic acids is 1. The first kappa shape index (κ1) is 13.3. The maximum absolute atomic E-state index is 11.3. The molecule has 0 aliphatic heterocycles. The molecule has 0 heterocycles. The lowest BCUT2D eigenvalue weighted by Gasteiger charge is -2.13. The second kappa shape index (κ2) is 6.71. The second-order valence-electron chi connectivity index (χ2n) is 4.30. The van der Waals surface area contributed by atoms with E-state index in [1.165, 1.54) is 0 Å². The van der Waals surface area contributed by atoms with E-state index in [-0.39, 0.29) is 6.61 Å². The summed E-state index contributed by atoms with van der Waals surface area (Å²) in [6.45, 7) is 0.603. The maximum atomic E-state index is 11.3. The first-order valence-electron chi connectivity index (χ1n) is 6.17. The molecule has 0 saturated heterocycles. The Morgan fingerprint density at radius 3 is 2.16 bits per heavy atom. The van der Waals surface area contributed by atoms with Gasteiger partial charge in [0.1, 0.15) is 5.92 Å². The normalized spacial score (nSPS) is 12.0. The third-order valence-electron chi connectivity index (χ3n) is 2.90. The Balaban J connectivity index is 1.94. The van der Waals surface area contributed by atoms with Crippen LogP contribution in [0.4, 0.5) is 0 Å². The monoisotopic (exact) mass is 256 g/mol. The van der Waals surface area contributed by atoms with Crippen molar-refractivity contribution in [2.24, 2.45) is 0 Å². The fourth-order valence-corrected chi connectivity index (χ4v) is 1.86. The van der Waals surface area contributed by atoms with Gasteiger partial charge in [0.05, 0.1) is 13.2 Å². The molecule has 0 aromatic heterocycles. The van der Waals surface area contributed by atoms with Crippen LogP contribution in [0.2, 0.25) is 0 Å². The Bertz CT molecular complexity index is 508. The number of hydrogen-bond acceptors (Lipinski definition) is 2. The van der Waals surface area contributed by atoms with Crippen LogP contribution in [0.1, 0.15) is 17.0 Å². The van der Waals surface area contributed by atoms with Crippen LogP contribution < -0.4 is 0 Å². The van der Waals surface area contributed by atoms with Gasteiger partial charge in [-0.2, -0.15) is 0 Å². The molecule has 0 saturated carbocycles. The highest BCUT2D eigenvalue weighted by atomic mass is 16.5. The molecule has 0 spiro atoms. The molecule has 0 amide bonds. The molecular formula is C16H16O3. The lowest BCUT2D eigenvalue weighted by molar-refractivity contribution is -0.140. The van der Waals surface area contributed by atoms with Gasteiger partial charge < -0.3 is 9.84 Å². The Kier molecular flexibility index (Phi) is 4.70. The zero-order valence-corrected chi connectivity index (χ0v) is 10.5. The van der Waals surface area contributed by atoms with Crippen LogP contribution in [-0.2, 0) is 16.1 Å². The minimum atomic E-state index is -0.862. The molecule has 3 heteroatoms. The Morgan fingerprint density at radius 2 is 1.58 bits per heavy atom. The molecule has 3 nitrogen and oxygen atoms in total. The van der Waals surface area contributed by atoms with Crippen molar-refractivity contribution in [2.75, 3.05) is 6.61 Å². The number of ether oxygens (including phenoxy) is 1. The molecule has 0 aliphatic carbocycles. The maximum Gasteiger partial charge on any atom is 0.313 e. The lowest BCUT2D eigenvalue weighted by Crippen LogP contribution is -2.17. The fourth-order valence-electron chi connectivity index (χ4n) is 1.86. The molecule has 2 aromatic rings. The minimum Gasteiger partial charge on any atom is -0.481 e. The van der Waals surface area contributed by atoms with Gasteiger partial charge in [-0.15, -0.1) is 0 Å². The van der Waals surface area contributed by atoms with E-state index in [2.05, 4.69) is 0 Å². The molecule has 1 atom stereocenters. The third-order valence-corrected chi connectivity index (χ3v) is 2.90. The summed E-state index contributed by atoms with van der Waals surface area (Å²) in [6.07, 6.45) is 0. The number of carboxylic acid groups (broad SMARTS) is 1. The van der Waals surface area contributed by atoms with Crippen LogP contribution in [0.25, 0.3) is 0 Å². The molecule has 1 N–H and O–H groups in total.